The Morgan fingerprint density at radius 2 is 1.11 bits per heavy atom. The van der Waals surface area contributed by atoms with Gasteiger partial charge in [0.05, 0.1) is 5.69 Å². The summed E-state index contributed by atoms with van der Waals surface area (Å²) in [7, 11) is 0. The number of para-hydroxylation sites is 3. The van der Waals surface area contributed by atoms with Crippen molar-refractivity contribution in [3.8, 4) is 39.6 Å². The predicted molar refractivity (Wildman–Crippen MR) is 180 cm³/mol. The minimum Gasteiger partial charge on any atom is -0.455 e. The van der Waals surface area contributed by atoms with Crippen LogP contribution in [0.15, 0.2) is 156 Å². The zero-order chi connectivity index (χ0) is 29.3. The molecule has 0 radical (unpaired) electrons. The first-order valence-electron chi connectivity index (χ1n) is 14.7. The molecular formula is C40H27N3O. The second-order valence-electron chi connectivity index (χ2n) is 10.7. The first-order valence-corrected chi connectivity index (χ1v) is 14.7. The summed E-state index contributed by atoms with van der Waals surface area (Å²) in [4.78, 5) is 5.05. The Morgan fingerprint density at radius 3 is 1.89 bits per heavy atom. The van der Waals surface area contributed by atoms with Crippen molar-refractivity contribution in [2.75, 3.05) is 0 Å². The van der Waals surface area contributed by atoms with Gasteiger partial charge in [-0.25, -0.2) is 9.67 Å². The fraction of sp³-hybridized carbons (Fsp3) is 0. The van der Waals surface area contributed by atoms with Gasteiger partial charge in [0, 0.05) is 27.5 Å². The molecule has 0 fully saturated rings. The molecule has 4 heteroatoms. The molecule has 0 N–H and O–H groups in total. The summed E-state index contributed by atoms with van der Waals surface area (Å²) in [6.45, 7) is 0. The molecule has 4 nitrogen and oxygen atoms in total. The van der Waals surface area contributed by atoms with Gasteiger partial charge in [0.25, 0.3) is 0 Å². The Balaban J connectivity index is 1.14. The molecule has 0 saturated carbocycles. The van der Waals surface area contributed by atoms with E-state index < -0.39 is 0 Å². The van der Waals surface area contributed by atoms with E-state index in [0.29, 0.717) is 5.82 Å². The molecule has 0 amide bonds. The normalized spacial score (nSPS) is 11.5. The Kier molecular flexibility index (Phi) is 6.43. The van der Waals surface area contributed by atoms with Crippen molar-refractivity contribution in [1.82, 2.24) is 14.8 Å². The van der Waals surface area contributed by atoms with Crippen LogP contribution in [0.2, 0.25) is 0 Å². The lowest BCUT2D eigenvalue weighted by molar-refractivity contribution is 0.670. The van der Waals surface area contributed by atoms with Crippen LogP contribution in [-0.2, 0) is 0 Å². The third kappa shape index (κ3) is 4.79. The fourth-order valence-electron chi connectivity index (χ4n) is 5.64. The monoisotopic (exact) mass is 565 g/mol. The molecular weight excluding hydrogens is 538 g/mol. The van der Waals surface area contributed by atoms with E-state index in [1.807, 2.05) is 59.3 Å². The molecule has 208 valence electrons. The zero-order valence-electron chi connectivity index (χ0n) is 23.8. The van der Waals surface area contributed by atoms with Gasteiger partial charge in [-0.3, -0.25) is 0 Å². The van der Waals surface area contributed by atoms with Crippen molar-refractivity contribution < 1.29 is 4.42 Å². The zero-order valence-corrected chi connectivity index (χ0v) is 23.8. The van der Waals surface area contributed by atoms with E-state index in [1.54, 1.807) is 0 Å². The van der Waals surface area contributed by atoms with Crippen LogP contribution < -0.4 is 0 Å². The molecule has 0 saturated heterocycles. The number of hydrogen-bond donors (Lipinski definition) is 0. The van der Waals surface area contributed by atoms with Gasteiger partial charge in [-0.15, -0.1) is 5.10 Å². The maximum Gasteiger partial charge on any atom is 0.182 e. The Morgan fingerprint density at radius 1 is 0.500 bits per heavy atom. The van der Waals surface area contributed by atoms with Crippen molar-refractivity contribution in [2.45, 2.75) is 0 Å². The summed E-state index contributed by atoms with van der Waals surface area (Å²) in [5.41, 5.74) is 9.15. The van der Waals surface area contributed by atoms with E-state index in [0.717, 1.165) is 61.3 Å². The molecule has 0 aliphatic heterocycles. The lowest BCUT2D eigenvalue weighted by Gasteiger charge is -2.06. The van der Waals surface area contributed by atoms with Gasteiger partial charge in [-0.1, -0.05) is 146 Å². The highest BCUT2D eigenvalue weighted by Crippen LogP contribution is 2.36. The molecule has 0 spiro atoms. The predicted octanol–water partition coefficient (Wildman–Crippen LogP) is 10.3. The van der Waals surface area contributed by atoms with Gasteiger partial charge >= 0.3 is 0 Å². The summed E-state index contributed by atoms with van der Waals surface area (Å²) in [5, 5.41) is 7.23. The van der Waals surface area contributed by atoms with Crippen molar-refractivity contribution >= 4 is 34.1 Å². The molecule has 8 rings (SSSR count). The van der Waals surface area contributed by atoms with Gasteiger partial charge in [0.2, 0.25) is 0 Å². The highest BCUT2D eigenvalue weighted by atomic mass is 16.3. The lowest BCUT2D eigenvalue weighted by atomic mass is 10.0. The third-order valence-corrected chi connectivity index (χ3v) is 7.90. The Bertz CT molecular complexity index is 2240. The molecule has 0 atom stereocenters. The Labute approximate surface area is 255 Å². The van der Waals surface area contributed by atoms with E-state index in [4.69, 9.17) is 14.5 Å². The standard InChI is InChI=1S/C40H27N3O/c1-3-10-28(11-4-1)18-19-29-20-22-32(23-21-29)40-41-39(42-43(40)33-12-5-2-6-13-33)31-26-24-30(25-27-31)34-15-9-16-36-35-14-7-8-17-37(35)44-38(34)36/h1-27H/b19-18+. The van der Waals surface area contributed by atoms with E-state index >= 15 is 0 Å². The number of nitrogens with zero attached hydrogens (tertiary/aromatic N) is 3. The minimum atomic E-state index is 0.672. The largest absolute Gasteiger partial charge is 0.455 e. The second-order valence-corrected chi connectivity index (χ2v) is 10.7. The van der Waals surface area contributed by atoms with Gasteiger partial charge in [-0.2, -0.15) is 0 Å². The van der Waals surface area contributed by atoms with Crippen LogP contribution in [0.25, 0.3) is 73.7 Å². The van der Waals surface area contributed by atoms with Crippen molar-refractivity contribution in [2.24, 2.45) is 0 Å². The Hall–Kier alpha value is -6.00. The molecule has 0 aliphatic carbocycles. The van der Waals surface area contributed by atoms with Crippen molar-refractivity contribution in [1.29, 1.82) is 0 Å². The van der Waals surface area contributed by atoms with E-state index in [-0.39, 0.29) is 0 Å². The SMILES string of the molecule is C(=C\c1ccc(-c2nc(-c3ccc(-c4cccc5c4oc4ccccc45)cc3)nn2-c2ccccc2)cc1)/c1ccccc1. The van der Waals surface area contributed by atoms with Crippen LogP contribution in [0.4, 0.5) is 0 Å². The summed E-state index contributed by atoms with van der Waals surface area (Å²) in [5.74, 6) is 1.46. The molecule has 6 aromatic carbocycles. The maximum atomic E-state index is 6.28. The first kappa shape index (κ1) is 25.7. The number of hydrogen-bond acceptors (Lipinski definition) is 3. The number of fused-ring (bicyclic) bond motifs is 3. The van der Waals surface area contributed by atoms with Crippen LogP contribution in [0.1, 0.15) is 11.1 Å². The number of benzene rings is 6. The first-order chi connectivity index (χ1) is 21.8. The molecule has 2 heterocycles. The van der Waals surface area contributed by atoms with Gasteiger partial charge < -0.3 is 4.42 Å². The van der Waals surface area contributed by atoms with Crippen LogP contribution in [-0.4, -0.2) is 14.8 Å². The minimum absolute atomic E-state index is 0.672. The lowest BCUT2D eigenvalue weighted by Crippen LogP contribution is -1.99. The van der Waals surface area contributed by atoms with Crippen LogP contribution in [0, 0.1) is 0 Å². The van der Waals surface area contributed by atoms with Gasteiger partial charge in [0.15, 0.2) is 11.6 Å². The number of furan rings is 1. The van der Waals surface area contributed by atoms with Crippen LogP contribution in [0.3, 0.4) is 0 Å². The average Bonchev–Trinajstić information content (AvgIpc) is 3.71. The molecule has 0 unspecified atom stereocenters. The third-order valence-electron chi connectivity index (χ3n) is 7.90. The quantitative estimate of drug-likeness (QED) is 0.188. The maximum absolute atomic E-state index is 6.28. The van der Waals surface area contributed by atoms with E-state index in [1.165, 1.54) is 5.56 Å². The topological polar surface area (TPSA) is 43.9 Å². The fourth-order valence-corrected chi connectivity index (χ4v) is 5.64. The van der Waals surface area contributed by atoms with Crippen LogP contribution >= 0.6 is 0 Å². The molecule has 2 aromatic heterocycles. The second kappa shape index (κ2) is 11.0. The van der Waals surface area contributed by atoms with Gasteiger partial charge in [0.1, 0.15) is 11.2 Å². The molecule has 8 aromatic rings. The number of aromatic nitrogens is 3. The summed E-state index contributed by atoms with van der Waals surface area (Å²) >= 11 is 0. The molecule has 0 aliphatic rings. The van der Waals surface area contributed by atoms with E-state index in [2.05, 4.69) is 109 Å². The van der Waals surface area contributed by atoms with Crippen molar-refractivity contribution in [3.63, 3.8) is 0 Å². The van der Waals surface area contributed by atoms with Crippen molar-refractivity contribution in [3.05, 3.63) is 163 Å². The molecule has 44 heavy (non-hydrogen) atoms. The highest BCUT2D eigenvalue weighted by Gasteiger charge is 2.16. The molecule has 0 bridgehead atoms. The van der Waals surface area contributed by atoms with Crippen LogP contribution in [0.5, 0.6) is 0 Å². The smallest absolute Gasteiger partial charge is 0.182 e. The summed E-state index contributed by atoms with van der Waals surface area (Å²) < 4.78 is 8.21. The van der Waals surface area contributed by atoms with Gasteiger partial charge in [-0.05, 0) is 34.9 Å². The summed E-state index contributed by atoms with van der Waals surface area (Å²) in [6, 6.07) is 51.8. The van der Waals surface area contributed by atoms with E-state index in [9.17, 15) is 0 Å². The number of rotatable bonds is 6. The average molecular weight is 566 g/mol. The highest BCUT2D eigenvalue weighted by molar-refractivity contribution is 6.09. The summed E-state index contributed by atoms with van der Waals surface area (Å²) in [6.07, 6.45) is 4.25.